The summed E-state index contributed by atoms with van der Waals surface area (Å²) in [7, 11) is 0. The molecule has 4 aromatic carbocycles. The lowest BCUT2D eigenvalue weighted by Crippen LogP contribution is -2.41. The minimum Gasteiger partial charge on any atom is -0.452 e. The van der Waals surface area contributed by atoms with Gasteiger partial charge in [-0.05, 0) is 52.6 Å². The van der Waals surface area contributed by atoms with Crippen molar-refractivity contribution in [2.75, 3.05) is 16.8 Å². The number of amides is 3. The number of alkyl halides is 3. The van der Waals surface area contributed by atoms with Crippen LogP contribution in [0.5, 0.6) is 0 Å². The largest absolute Gasteiger partial charge is 0.452 e. The van der Waals surface area contributed by atoms with Crippen LogP contribution in [0.3, 0.4) is 0 Å². The van der Waals surface area contributed by atoms with Gasteiger partial charge in [0, 0.05) is 17.5 Å². The average Bonchev–Trinajstić information content (AvgIpc) is 3.29. The smallest absolute Gasteiger partial charge is 0.416 e. The molecule has 1 heterocycles. The summed E-state index contributed by atoms with van der Waals surface area (Å²) in [5.41, 5.74) is 2.95. The van der Waals surface area contributed by atoms with Crippen molar-refractivity contribution in [3.63, 3.8) is 0 Å². The number of carbonyl (C=O) groups is 4. The van der Waals surface area contributed by atoms with Gasteiger partial charge in [-0.15, -0.1) is 0 Å². The second kappa shape index (κ2) is 10.2. The molecule has 4 aliphatic rings. The zero-order valence-electron chi connectivity index (χ0n) is 22.9. The molecule has 3 aliphatic carbocycles. The van der Waals surface area contributed by atoms with E-state index in [-0.39, 0.29) is 28.8 Å². The van der Waals surface area contributed by atoms with E-state index in [9.17, 15) is 32.3 Å². The van der Waals surface area contributed by atoms with Gasteiger partial charge in [-0.1, -0.05) is 66.7 Å². The first kappa shape index (κ1) is 27.6. The molecular weight excluding hydrogens is 573 g/mol. The van der Waals surface area contributed by atoms with Gasteiger partial charge in [0.25, 0.3) is 5.91 Å². The molecule has 0 unspecified atom stereocenters. The van der Waals surface area contributed by atoms with Crippen LogP contribution in [-0.2, 0) is 25.3 Å². The zero-order valence-corrected chi connectivity index (χ0v) is 22.9. The molecule has 44 heavy (non-hydrogen) atoms. The number of anilines is 2. The van der Waals surface area contributed by atoms with Crippen LogP contribution in [0.1, 0.15) is 50.0 Å². The van der Waals surface area contributed by atoms with Crippen molar-refractivity contribution in [3.05, 3.63) is 130 Å². The summed E-state index contributed by atoms with van der Waals surface area (Å²) in [6.45, 7) is -0.800. The Balaban J connectivity index is 1.14. The first-order valence-electron chi connectivity index (χ1n) is 13.9. The predicted molar refractivity (Wildman–Crippen MR) is 153 cm³/mol. The number of para-hydroxylation sites is 1. The van der Waals surface area contributed by atoms with Crippen LogP contribution in [-0.4, -0.2) is 30.3 Å². The number of hydrogen-bond donors (Lipinski definition) is 1. The fourth-order valence-corrected chi connectivity index (χ4v) is 6.94. The maximum atomic E-state index is 14.1. The third-order valence-corrected chi connectivity index (χ3v) is 8.62. The summed E-state index contributed by atoms with van der Waals surface area (Å²) in [5.74, 6) is -4.61. The number of nitrogens with one attached hydrogen (secondary N) is 1. The normalized spacial score (nSPS) is 21.4. The lowest BCUT2D eigenvalue weighted by Gasteiger charge is -2.45. The lowest BCUT2D eigenvalue weighted by atomic mass is 9.55. The Morgan fingerprint density at radius 3 is 1.80 bits per heavy atom. The summed E-state index contributed by atoms with van der Waals surface area (Å²) < 4.78 is 44.2. The molecular formula is C34H23F3N2O5. The maximum absolute atomic E-state index is 14.1. The monoisotopic (exact) mass is 596 g/mol. The van der Waals surface area contributed by atoms with Crippen LogP contribution in [0.15, 0.2) is 97.1 Å². The van der Waals surface area contributed by atoms with Crippen molar-refractivity contribution in [1.29, 1.82) is 0 Å². The van der Waals surface area contributed by atoms with Gasteiger partial charge in [-0.3, -0.25) is 14.4 Å². The fraction of sp³-hybridized carbons (Fsp3) is 0.176. The van der Waals surface area contributed by atoms with Gasteiger partial charge in [0.1, 0.15) is 0 Å². The molecule has 0 aromatic heterocycles. The highest BCUT2D eigenvalue weighted by Crippen LogP contribution is 2.61. The van der Waals surface area contributed by atoms with Gasteiger partial charge in [-0.25, -0.2) is 9.69 Å². The average molecular weight is 597 g/mol. The first-order valence-corrected chi connectivity index (χ1v) is 13.9. The summed E-state index contributed by atoms with van der Waals surface area (Å²) >= 11 is 0. The standard InChI is InChI=1S/C34H23F3N2O5/c35-34(36,37)18-8-7-9-19(16-18)38-26(40)17-44-33(43)24-14-5-6-15-25(24)39-31(41)29-27-20-10-1-2-11-21(20)28(30(29)32(39)42)23-13-4-3-12-22(23)27/h1-16,27-30H,17H2,(H,38,40)/t27?,28?,29-,30+. The molecule has 0 saturated carbocycles. The minimum atomic E-state index is -4.59. The van der Waals surface area contributed by atoms with Crippen molar-refractivity contribution in [3.8, 4) is 0 Å². The van der Waals surface area contributed by atoms with E-state index in [0.29, 0.717) is 0 Å². The molecule has 8 rings (SSSR count). The number of ether oxygens (including phenoxy) is 1. The quantitative estimate of drug-likeness (QED) is 0.229. The Morgan fingerprint density at radius 2 is 1.25 bits per heavy atom. The molecule has 7 nitrogen and oxygen atoms in total. The molecule has 1 N–H and O–H groups in total. The topological polar surface area (TPSA) is 92.8 Å². The molecule has 220 valence electrons. The SMILES string of the molecule is O=C(COC(=O)c1ccccc1N1C(=O)[C@@H]2C3c4ccccc4C(c4ccccc43)[C@@H]2C1=O)Nc1cccc(C(F)(F)F)c1. The Hall–Kier alpha value is -5.25. The van der Waals surface area contributed by atoms with E-state index in [1.165, 1.54) is 24.3 Å². The van der Waals surface area contributed by atoms with E-state index in [0.717, 1.165) is 45.4 Å². The number of carbonyl (C=O) groups excluding carboxylic acids is 4. The van der Waals surface area contributed by atoms with Crippen molar-refractivity contribution in [2.45, 2.75) is 18.0 Å². The van der Waals surface area contributed by atoms with Crippen LogP contribution in [0, 0.1) is 11.8 Å². The third kappa shape index (κ3) is 4.28. The van der Waals surface area contributed by atoms with Crippen molar-refractivity contribution < 1.29 is 37.1 Å². The Morgan fingerprint density at radius 1 is 0.727 bits per heavy atom. The summed E-state index contributed by atoms with van der Waals surface area (Å²) in [6.07, 6.45) is -4.59. The predicted octanol–water partition coefficient (Wildman–Crippen LogP) is 5.90. The van der Waals surface area contributed by atoms with E-state index < -0.39 is 53.9 Å². The molecule has 1 saturated heterocycles. The molecule has 0 spiro atoms. The molecule has 2 bridgehead atoms. The zero-order chi connectivity index (χ0) is 30.7. The molecule has 10 heteroatoms. The third-order valence-electron chi connectivity index (χ3n) is 8.62. The summed E-state index contributed by atoms with van der Waals surface area (Å²) in [4.78, 5) is 54.9. The molecule has 1 fully saturated rings. The number of rotatable bonds is 5. The number of hydrogen-bond acceptors (Lipinski definition) is 5. The van der Waals surface area contributed by atoms with E-state index in [4.69, 9.17) is 4.74 Å². The number of benzene rings is 4. The van der Waals surface area contributed by atoms with E-state index >= 15 is 0 Å². The molecule has 2 atom stereocenters. The maximum Gasteiger partial charge on any atom is 0.416 e. The van der Waals surface area contributed by atoms with E-state index in [2.05, 4.69) is 5.32 Å². The highest BCUT2D eigenvalue weighted by atomic mass is 19.4. The van der Waals surface area contributed by atoms with Crippen LogP contribution >= 0.6 is 0 Å². The second-order valence-electron chi connectivity index (χ2n) is 11.0. The summed E-state index contributed by atoms with van der Waals surface area (Å²) in [5, 5.41) is 2.28. The van der Waals surface area contributed by atoms with Gasteiger partial charge in [0.2, 0.25) is 11.8 Å². The van der Waals surface area contributed by atoms with E-state index in [1.54, 1.807) is 6.07 Å². The van der Waals surface area contributed by atoms with Gasteiger partial charge >= 0.3 is 12.1 Å². The summed E-state index contributed by atoms with van der Waals surface area (Å²) in [6, 6.07) is 25.7. The van der Waals surface area contributed by atoms with Crippen LogP contribution in [0.25, 0.3) is 0 Å². The highest BCUT2D eigenvalue weighted by molar-refractivity contribution is 6.25. The Kier molecular flexibility index (Phi) is 6.38. The molecule has 1 aliphatic heterocycles. The number of imide groups is 1. The number of halogens is 3. The fourth-order valence-electron chi connectivity index (χ4n) is 6.94. The Labute approximate surface area is 249 Å². The first-order chi connectivity index (χ1) is 21.1. The van der Waals surface area contributed by atoms with Crippen LogP contribution in [0.4, 0.5) is 24.5 Å². The van der Waals surface area contributed by atoms with Crippen LogP contribution < -0.4 is 10.2 Å². The van der Waals surface area contributed by atoms with Gasteiger partial charge in [-0.2, -0.15) is 13.2 Å². The van der Waals surface area contributed by atoms with E-state index in [1.807, 2.05) is 48.5 Å². The Bertz CT molecular complexity index is 1750. The van der Waals surface area contributed by atoms with Gasteiger partial charge in [0.05, 0.1) is 28.7 Å². The van der Waals surface area contributed by atoms with Gasteiger partial charge < -0.3 is 10.1 Å². The van der Waals surface area contributed by atoms with Crippen molar-refractivity contribution in [2.24, 2.45) is 11.8 Å². The lowest BCUT2D eigenvalue weighted by molar-refractivity contribution is -0.137. The van der Waals surface area contributed by atoms with Crippen LogP contribution in [0.2, 0.25) is 0 Å². The van der Waals surface area contributed by atoms with Crippen molar-refractivity contribution in [1.82, 2.24) is 0 Å². The van der Waals surface area contributed by atoms with Gasteiger partial charge in [0.15, 0.2) is 6.61 Å². The number of nitrogens with zero attached hydrogens (tertiary/aromatic N) is 1. The second-order valence-corrected chi connectivity index (χ2v) is 11.0. The molecule has 0 radical (unpaired) electrons. The number of esters is 1. The molecule has 3 amide bonds. The minimum absolute atomic E-state index is 0.0488. The highest BCUT2D eigenvalue weighted by Gasteiger charge is 2.62. The van der Waals surface area contributed by atoms with Crippen molar-refractivity contribution >= 4 is 35.1 Å². The molecule has 4 aromatic rings.